The Labute approximate surface area is 140 Å². The van der Waals surface area contributed by atoms with E-state index < -0.39 is 0 Å². The first-order valence-electron chi connectivity index (χ1n) is 9.00. The highest BCUT2D eigenvalue weighted by Gasteiger charge is 2.31. The Balaban J connectivity index is 1.64. The fourth-order valence-electron chi connectivity index (χ4n) is 2.97. The van der Waals surface area contributed by atoms with Crippen LogP contribution in [-0.4, -0.2) is 61.6 Å². The number of hydrogen-bond donors (Lipinski definition) is 3. The van der Waals surface area contributed by atoms with Gasteiger partial charge in [-0.05, 0) is 39.0 Å². The predicted molar refractivity (Wildman–Crippen MR) is 94.6 cm³/mol. The molecule has 0 bridgehead atoms. The van der Waals surface area contributed by atoms with Crippen molar-refractivity contribution in [2.24, 2.45) is 10.9 Å². The Morgan fingerprint density at radius 3 is 2.57 bits per heavy atom. The third-order valence-electron chi connectivity index (χ3n) is 4.73. The lowest BCUT2D eigenvalue weighted by Gasteiger charge is -2.21. The first-order chi connectivity index (χ1) is 11.0. The van der Waals surface area contributed by atoms with Crippen molar-refractivity contribution in [3.8, 4) is 0 Å². The van der Waals surface area contributed by atoms with Gasteiger partial charge in [-0.25, -0.2) is 0 Å². The first-order valence-corrected chi connectivity index (χ1v) is 9.00. The van der Waals surface area contributed by atoms with Crippen molar-refractivity contribution in [3.05, 3.63) is 0 Å². The van der Waals surface area contributed by atoms with Gasteiger partial charge in [0.1, 0.15) is 0 Å². The normalized spacial score (nSPS) is 25.7. The topological polar surface area (TPSA) is 68.8 Å². The second kappa shape index (κ2) is 8.52. The smallest absolute Gasteiger partial charge is 0.220 e. The molecule has 0 aromatic carbocycles. The molecule has 0 radical (unpaired) electrons. The van der Waals surface area contributed by atoms with Gasteiger partial charge in [-0.15, -0.1) is 0 Å². The maximum absolute atomic E-state index is 11.6. The largest absolute Gasteiger partial charge is 0.356 e. The summed E-state index contributed by atoms with van der Waals surface area (Å²) in [6.07, 6.45) is 3.71. The summed E-state index contributed by atoms with van der Waals surface area (Å²) in [4.78, 5) is 18.4. The van der Waals surface area contributed by atoms with Crippen LogP contribution in [0.4, 0.5) is 0 Å². The minimum Gasteiger partial charge on any atom is -0.356 e. The molecule has 2 atom stereocenters. The number of nitrogens with zero attached hydrogens (tertiary/aromatic N) is 2. The molecule has 2 aliphatic rings. The van der Waals surface area contributed by atoms with Crippen LogP contribution in [0.2, 0.25) is 0 Å². The van der Waals surface area contributed by atoms with Gasteiger partial charge >= 0.3 is 0 Å². The summed E-state index contributed by atoms with van der Waals surface area (Å²) in [5.41, 5.74) is 0. The average Bonchev–Trinajstić information content (AvgIpc) is 3.24. The number of rotatable bonds is 7. The van der Waals surface area contributed by atoms with Gasteiger partial charge in [0.25, 0.3) is 0 Å². The average molecular weight is 323 g/mol. The zero-order valence-electron chi connectivity index (χ0n) is 15.1. The third kappa shape index (κ3) is 6.01. The van der Waals surface area contributed by atoms with E-state index in [0.29, 0.717) is 30.5 Å². The standard InChI is InChI=1S/C17H33N5O/c1-12(2)22-10-13(3)15(11-22)21-17(18-4)19-9-5-6-16(23)20-14-7-8-14/h12-15H,5-11H2,1-4H3,(H,20,23)(H2,18,19,21). The van der Waals surface area contributed by atoms with E-state index in [1.54, 1.807) is 7.05 Å². The lowest BCUT2D eigenvalue weighted by Crippen LogP contribution is -2.47. The predicted octanol–water partition coefficient (Wildman–Crippen LogP) is 0.939. The fourth-order valence-corrected chi connectivity index (χ4v) is 2.97. The van der Waals surface area contributed by atoms with Crippen LogP contribution in [-0.2, 0) is 4.79 Å². The van der Waals surface area contributed by atoms with Crippen molar-refractivity contribution in [2.45, 2.75) is 64.6 Å². The molecule has 2 rings (SSSR count). The minimum absolute atomic E-state index is 0.175. The van der Waals surface area contributed by atoms with Crippen LogP contribution in [0.3, 0.4) is 0 Å². The Morgan fingerprint density at radius 2 is 2.00 bits per heavy atom. The number of carbonyl (C=O) groups excluding carboxylic acids is 1. The van der Waals surface area contributed by atoms with E-state index in [9.17, 15) is 4.79 Å². The van der Waals surface area contributed by atoms with E-state index >= 15 is 0 Å². The summed E-state index contributed by atoms with van der Waals surface area (Å²) in [5, 5.41) is 9.87. The van der Waals surface area contributed by atoms with Gasteiger partial charge in [-0.2, -0.15) is 0 Å². The van der Waals surface area contributed by atoms with Crippen molar-refractivity contribution in [3.63, 3.8) is 0 Å². The van der Waals surface area contributed by atoms with E-state index in [1.807, 2.05) is 0 Å². The highest BCUT2D eigenvalue weighted by molar-refractivity contribution is 5.80. The molecule has 0 spiro atoms. The van der Waals surface area contributed by atoms with Crippen molar-refractivity contribution in [2.75, 3.05) is 26.7 Å². The molecule has 6 nitrogen and oxygen atoms in total. The van der Waals surface area contributed by atoms with Crippen molar-refractivity contribution < 1.29 is 4.79 Å². The number of hydrogen-bond acceptors (Lipinski definition) is 3. The molecule has 1 aliphatic heterocycles. The lowest BCUT2D eigenvalue weighted by atomic mass is 10.1. The van der Waals surface area contributed by atoms with Crippen LogP contribution in [0.15, 0.2) is 4.99 Å². The molecule has 1 saturated carbocycles. The zero-order chi connectivity index (χ0) is 16.8. The molecule has 1 saturated heterocycles. The summed E-state index contributed by atoms with van der Waals surface area (Å²) in [6.45, 7) is 9.74. The van der Waals surface area contributed by atoms with Gasteiger partial charge in [-0.3, -0.25) is 14.7 Å². The van der Waals surface area contributed by atoms with Crippen molar-refractivity contribution in [1.29, 1.82) is 0 Å². The second-order valence-corrected chi connectivity index (χ2v) is 7.22. The highest BCUT2D eigenvalue weighted by atomic mass is 16.1. The van der Waals surface area contributed by atoms with Gasteiger partial charge in [0.2, 0.25) is 5.91 Å². The summed E-state index contributed by atoms with van der Waals surface area (Å²) >= 11 is 0. The van der Waals surface area contributed by atoms with E-state index in [-0.39, 0.29) is 5.91 Å². The molecule has 0 aromatic rings. The minimum atomic E-state index is 0.175. The lowest BCUT2D eigenvalue weighted by molar-refractivity contribution is -0.121. The van der Waals surface area contributed by atoms with Gasteiger partial charge in [0.15, 0.2) is 5.96 Å². The summed E-state index contributed by atoms with van der Waals surface area (Å²) in [6, 6.07) is 1.48. The van der Waals surface area contributed by atoms with Crippen molar-refractivity contribution >= 4 is 11.9 Å². The molecule has 2 unspecified atom stereocenters. The first kappa shape index (κ1) is 18.0. The van der Waals surface area contributed by atoms with Crippen LogP contribution >= 0.6 is 0 Å². The number of guanidine groups is 1. The van der Waals surface area contributed by atoms with Gasteiger partial charge in [-0.1, -0.05) is 6.92 Å². The van der Waals surface area contributed by atoms with Crippen LogP contribution in [0.1, 0.15) is 46.5 Å². The van der Waals surface area contributed by atoms with E-state index in [2.05, 4.69) is 46.6 Å². The van der Waals surface area contributed by atoms with E-state index in [4.69, 9.17) is 0 Å². The van der Waals surface area contributed by atoms with Crippen LogP contribution in [0.25, 0.3) is 0 Å². The summed E-state index contributed by atoms with van der Waals surface area (Å²) in [7, 11) is 1.80. The van der Waals surface area contributed by atoms with Gasteiger partial charge in [0, 0.05) is 51.2 Å². The van der Waals surface area contributed by atoms with Crippen LogP contribution in [0, 0.1) is 5.92 Å². The Bertz CT molecular complexity index is 419. The van der Waals surface area contributed by atoms with E-state index in [0.717, 1.165) is 44.9 Å². The monoisotopic (exact) mass is 323 g/mol. The molecule has 1 heterocycles. The molecule has 1 aliphatic carbocycles. The number of nitrogens with one attached hydrogen (secondary N) is 3. The summed E-state index contributed by atoms with van der Waals surface area (Å²) < 4.78 is 0. The van der Waals surface area contributed by atoms with Gasteiger partial charge < -0.3 is 16.0 Å². The molecule has 132 valence electrons. The van der Waals surface area contributed by atoms with Crippen LogP contribution < -0.4 is 16.0 Å². The number of amides is 1. The van der Waals surface area contributed by atoms with Crippen LogP contribution in [0.5, 0.6) is 0 Å². The molecule has 6 heteroatoms. The number of likely N-dealkylation sites (tertiary alicyclic amines) is 1. The SMILES string of the molecule is CN=C(NCCCC(=O)NC1CC1)NC1CN(C(C)C)CC1C. The summed E-state index contributed by atoms with van der Waals surface area (Å²) in [5.74, 6) is 1.63. The highest BCUT2D eigenvalue weighted by Crippen LogP contribution is 2.19. The number of carbonyl (C=O) groups is 1. The molecular formula is C17H33N5O. The quantitative estimate of drug-likeness (QED) is 0.370. The molecule has 3 N–H and O–H groups in total. The molecule has 0 aromatic heterocycles. The Hall–Kier alpha value is -1.30. The molecule has 23 heavy (non-hydrogen) atoms. The zero-order valence-corrected chi connectivity index (χ0v) is 15.1. The second-order valence-electron chi connectivity index (χ2n) is 7.22. The maximum Gasteiger partial charge on any atom is 0.220 e. The third-order valence-corrected chi connectivity index (χ3v) is 4.73. The van der Waals surface area contributed by atoms with Crippen molar-refractivity contribution in [1.82, 2.24) is 20.9 Å². The Kier molecular flexibility index (Phi) is 6.69. The van der Waals surface area contributed by atoms with Gasteiger partial charge in [0.05, 0.1) is 0 Å². The molecule has 1 amide bonds. The molecule has 2 fully saturated rings. The maximum atomic E-state index is 11.6. The molecular weight excluding hydrogens is 290 g/mol. The number of aliphatic imine (C=N–C) groups is 1. The van der Waals surface area contributed by atoms with E-state index in [1.165, 1.54) is 0 Å². The fraction of sp³-hybridized carbons (Fsp3) is 0.882. The Morgan fingerprint density at radius 1 is 1.26 bits per heavy atom.